The lowest BCUT2D eigenvalue weighted by Gasteiger charge is -2.07. The summed E-state index contributed by atoms with van der Waals surface area (Å²) in [5.74, 6) is 1.40. The summed E-state index contributed by atoms with van der Waals surface area (Å²) in [6, 6.07) is 16.5. The van der Waals surface area contributed by atoms with E-state index >= 15 is 0 Å². The number of benzene rings is 2. The quantitative estimate of drug-likeness (QED) is 0.819. The molecule has 0 saturated carbocycles. The van der Waals surface area contributed by atoms with Crippen molar-refractivity contribution in [2.45, 2.75) is 13.0 Å². The fourth-order valence-corrected chi connectivity index (χ4v) is 1.71. The number of nitrogens with one attached hydrogen (secondary N) is 1. The molecule has 21 heavy (non-hydrogen) atoms. The number of ether oxygens (including phenoxy) is 1. The van der Waals surface area contributed by atoms with E-state index in [9.17, 15) is 0 Å². The molecule has 1 atom stereocenters. The minimum Gasteiger partial charge on any atom is -0.457 e. The molecule has 4 nitrogen and oxygen atoms in total. The van der Waals surface area contributed by atoms with Gasteiger partial charge < -0.3 is 9.94 Å². The second-order valence-corrected chi connectivity index (χ2v) is 4.59. The van der Waals surface area contributed by atoms with Crippen molar-refractivity contribution >= 4 is 6.08 Å². The molecule has 0 fully saturated rings. The average molecular weight is 280 g/mol. The molecular formula is C17H16N2O2. The highest BCUT2D eigenvalue weighted by Crippen LogP contribution is 2.23. The maximum atomic E-state index is 8.76. The molecule has 2 aromatic carbocycles. The lowest BCUT2D eigenvalue weighted by atomic mass is 10.1. The van der Waals surface area contributed by atoms with Crippen molar-refractivity contribution < 1.29 is 9.94 Å². The van der Waals surface area contributed by atoms with Crippen molar-refractivity contribution in [2.24, 2.45) is 0 Å². The molecule has 0 bridgehead atoms. The van der Waals surface area contributed by atoms with E-state index < -0.39 is 0 Å². The molecule has 2 N–H and O–H groups in total. The van der Waals surface area contributed by atoms with Gasteiger partial charge in [-0.2, -0.15) is 10.7 Å². The summed E-state index contributed by atoms with van der Waals surface area (Å²) in [5.41, 5.74) is 3.73. The number of hydrogen-bond donors (Lipinski definition) is 2. The van der Waals surface area contributed by atoms with Crippen LogP contribution in [-0.4, -0.2) is 11.2 Å². The smallest absolute Gasteiger partial charge is 0.128 e. The van der Waals surface area contributed by atoms with Gasteiger partial charge in [0.25, 0.3) is 0 Å². The van der Waals surface area contributed by atoms with E-state index in [-0.39, 0.29) is 6.04 Å². The molecule has 0 amide bonds. The molecule has 2 rings (SSSR count). The van der Waals surface area contributed by atoms with E-state index in [0.717, 1.165) is 5.56 Å². The zero-order chi connectivity index (χ0) is 15.1. The van der Waals surface area contributed by atoms with Gasteiger partial charge in [0.15, 0.2) is 0 Å². The van der Waals surface area contributed by atoms with Crippen LogP contribution in [0.5, 0.6) is 11.5 Å². The van der Waals surface area contributed by atoms with Gasteiger partial charge in [-0.1, -0.05) is 24.3 Å². The SMILES string of the molecule is C[C@@H](/C=C/c1cccc(Oc2ccc(C#N)cc2)c1)NO. The highest BCUT2D eigenvalue weighted by molar-refractivity contribution is 5.52. The molecule has 0 unspecified atom stereocenters. The van der Waals surface area contributed by atoms with Gasteiger partial charge in [-0.05, 0) is 48.9 Å². The van der Waals surface area contributed by atoms with Crippen LogP contribution < -0.4 is 10.2 Å². The molecule has 0 saturated heterocycles. The highest BCUT2D eigenvalue weighted by atomic mass is 16.5. The monoisotopic (exact) mass is 280 g/mol. The lowest BCUT2D eigenvalue weighted by molar-refractivity contribution is 0.150. The average Bonchev–Trinajstić information content (AvgIpc) is 2.53. The first-order chi connectivity index (χ1) is 10.2. The number of nitriles is 1. The molecule has 0 aliphatic carbocycles. The minimum atomic E-state index is -0.117. The Morgan fingerprint density at radius 2 is 1.95 bits per heavy atom. The molecule has 4 heteroatoms. The summed E-state index contributed by atoms with van der Waals surface area (Å²) in [7, 11) is 0. The van der Waals surface area contributed by atoms with Crippen LogP contribution in [0.1, 0.15) is 18.1 Å². The number of hydrogen-bond acceptors (Lipinski definition) is 4. The van der Waals surface area contributed by atoms with E-state index in [1.54, 1.807) is 24.3 Å². The standard InChI is InChI=1S/C17H16N2O2/c1-13(19-20)5-6-14-3-2-4-17(11-14)21-16-9-7-15(12-18)8-10-16/h2-11,13,19-20H,1H3/b6-5+/t13-/m0/s1. The van der Waals surface area contributed by atoms with Gasteiger partial charge in [0.1, 0.15) is 11.5 Å². The zero-order valence-electron chi connectivity index (χ0n) is 11.7. The van der Waals surface area contributed by atoms with Crippen molar-refractivity contribution in [2.75, 3.05) is 0 Å². The Labute approximate surface area is 123 Å². The summed E-state index contributed by atoms with van der Waals surface area (Å²) in [6.07, 6.45) is 3.75. The third-order valence-electron chi connectivity index (χ3n) is 2.86. The molecule has 0 spiro atoms. The molecule has 0 aliphatic rings. The van der Waals surface area contributed by atoms with Gasteiger partial charge in [0.05, 0.1) is 11.6 Å². The largest absolute Gasteiger partial charge is 0.457 e. The fraction of sp³-hybridized carbons (Fsp3) is 0.118. The molecule has 2 aromatic rings. The molecule has 0 aliphatic heterocycles. The Balaban J connectivity index is 2.10. The number of nitrogens with zero attached hydrogens (tertiary/aromatic N) is 1. The maximum Gasteiger partial charge on any atom is 0.128 e. The van der Waals surface area contributed by atoms with Crippen LogP contribution in [0.3, 0.4) is 0 Å². The Hall–Kier alpha value is -2.61. The minimum absolute atomic E-state index is 0.117. The van der Waals surface area contributed by atoms with E-state index in [4.69, 9.17) is 15.2 Å². The predicted octanol–water partition coefficient (Wildman–Crippen LogP) is 3.73. The Kier molecular flexibility index (Phi) is 5.10. The molecule has 0 radical (unpaired) electrons. The van der Waals surface area contributed by atoms with E-state index in [2.05, 4.69) is 11.5 Å². The zero-order valence-corrected chi connectivity index (χ0v) is 11.7. The van der Waals surface area contributed by atoms with Crippen LogP contribution in [0, 0.1) is 11.3 Å². The van der Waals surface area contributed by atoms with Gasteiger partial charge in [-0.25, -0.2) is 0 Å². The van der Waals surface area contributed by atoms with Crippen molar-refractivity contribution in [1.29, 1.82) is 5.26 Å². The van der Waals surface area contributed by atoms with E-state index in [1.807, 2.05) is 43.3 Å². The van der Waals surface area contributed by atoms with Crippen LogP contribution in [0.4, 0.5) is 0 Å². The second kappa shape index (κ2) is 7.25. The summed E-state index contributed by atoms with van der Waals surface area (Å²) in [4.78, 5) is 0. The molecular weight excluding hydrogens is 264 g/mol. The van der Waals surface area contributed by atoms with Gasteiger partial charge in [-0.3, -0.25) is 0 Å². The van der Waals surface area contributed by atoms with Crippen LogP contribution >= 0.6 is 0 Å². The summed E-state index contributed by atoms with van der Waals surface area (Å²) >= 11 is 0. The first kappa shape index (κ1) is 14.8. The lowest BCUT2D eigenvalue weighted by Crippen LogP contribution is -2.18. The topological polar surface area (TPSA) is 65.3 Å². The van der Waals surface area contributed by atoms with Crippen LogP contribution in [0.25, 0.3) is 6.08 Å². The predicted molar refractivity (Wildman–Crippen MR) is 81.1 cm³/mol. The van der Waals surface area contributed by atoms with Gasteiger partial charge in [0, 0.05) is 6.04 Å². The Morgan fingerprint density at radius 3 is 2.62 bits per heavy atom. The number of rotatable bonds is 5. The normalized spacial score (nSPS) is 12.0. The van der Waals surface area contributed by atoms with E-state index in [0.29, 0.717) is 17.1 Å². The highest BCUT2D eigenvalue weighted by Gasteiger charge is 1.99. The molecule has 106 valence electrons. The van der Waals surface area contributed by atoms with Crippen LogP contribution in [0.15, 0.2) is 54.6 Å². The second-order valence-electron chi connectivity index (χ2n) is 4.59. The fourth-order valence-electron chi connectivity index (χ4n) is 1.71. The maximum absolute atomic E-state index is 8.76. The first-order valence-electron chi connectivity index (χ1n) is 6.57. The van der Waals surface area contributed by atoms with Crippen LogP contribution in [0.2, 0.25) is 0 Å². The third kappa shape index (κ3) is 4.46. The summed E-state index contributed by atoms with van der Waals surface area (Å²) < 4.78 is 5.74. The van der Waals surface area contributed by atoms with E-state index in [1.165, 1.54) is 0 Å². The summed E-state index contributed by atoms with van der Waals surface area (Å²) in [5, 5.41) is 17.5. The van der Waals surface area contributed by atoms with Crippen molar-refractivity contribution in [3.63, 3.8) is 0 Å². The third-order valence-corrected chi connectivity index (χ3v) is 2.86. The molecule has 0 heterocycles. The summed E-state index contributed by atoms with van der Waals surface area (Å²) in [6.45, 7) is 1.84. The van der Waals surface area contributed by atoms with Crippen molar-refractivity contribution in [1.82, 2.24) is 5.48 Å². The van der Waals surface area contributed by atoms with Crippen molar-refractivity contribution in [3.8, 4) is 17.6 Å². The first-order valence-corrected chi connectivity index (χ1v) is 6.57. The number of hydroxylamine groups is 1. The van der Waals surface area contributed by atoms with Crippen LogP contribution in [-0.2, 0) is 0 Å². The van der Waals surface area contributed by atoms with Gasteiger partial charge in [-0.15, -0.1) is 0 Å². The van der Waals surface area contributed by atoms with Crippen molar-refractivity contribution in [3.05, 3.63) is 65.7 Å². The van der Waals surface area contributed by atoms with Gasteiger partial charge in [0.2, 0.25) is 0 Å². The molecule has 0 aromatic heterocycles. The Morgan fingerprint density at radius 1 is 1.19 bits per heavy atom. The van der Waals surface area contributed by atoms with Gasteiger partial charge >= 0.3 is 0 Å². The Bertz CT molecular complexity index is 657.